The number of hydrazine groups is 1. The summed E-state index contributed by atoms with van der Waals surface area (Å²) in [6.45, 7) is 1.61. The fraction of sp³-hybridized carbons (Fsp3) is 0.462. The van der Waals surface area contributed by atoms with Crippen LogP contribution in [0.15, 0.2) is 35.3 Å². The summed E-state index contributed by atoms with van der Waals surface area (Å²) in [6, 6.07) is 10.2. The van der Waals surface area contributed by atoms with Crippen molar-refractivity contribution in [2.75, 3.05) is 20.3 Å². The van der Waals surface area contributed by atoms with Crippen LogP contribution in [0.2, 0.25) is 0 Å². The van der Waals surface area contributed by atoms with E-state index in [4.69, 9.17) is 10.6 Å². The van der Waals surface area contributed by atoms with Gasteiger partial charge in [0.2, 0.25) is 5.96 Å². The van der Waals surface area contributed by atoms with E-state index >= 15 is 0 Å². The van der Waals surface area contributed by atoms with E-state index < -0.39 is 0 Å². The molecular weight excluding hydrogens is 228 g/mol. The van der Waals surface area contributed by atoms with Gasteiger partial charge in [-0.15, -0.1) is 0 Å². The Morgan fingerprint density at radius 1 is 1.33 bits per heavy atom. The van der Waals surface area contributed by atoms with Gasteiger partial charge >= 0.3 is 0 Å². The van der Waals surface area contributed by atoms with Gasteiger partial charge < -0.3 is 9.64 Å². The number of guanidine groups is 1. The predicted molar refractivity (Wildman–Crippen MR) is 72.5 cm³/mol. The summed E-state index contributed by atoms with van der Waals surface area (Å²) in [4.78, 5) is 6.61. The number of ether oxygens (including phenoxy) is 1. The van der Waals surface area contributed by atoms with E-state index in [-0.39, 0.29) is 0 Å². The number of hydrogen-bond donors (Lipinski definition) is 2. The summed E-state index contributed by atoms with van der Waals surface area (Å²) in [5.41, 5.74) is 3.58. The number of rotatable bonds is 2. The quantitative estimate of drug-likeness (QED) is 0.358. The normalized spacial score (nSPS) is 17.6. The molecule has 0 saturated carbocycles. The van der Waals surface area contributed by atoms with Crippen LogP contribution in [-0.4, -0.2) is 37.2 Å². The van der Waals surface area contributed by atoms with Crippen molar-refractivity contribution in [3.63, 3.8) is 0 Å². The summed E-state index contributed by atoms with van der Waals surface area (Å²) in [5, 5.41) is 0. The van der Waals surface area contributed by atoms with Gasteiger partial charge in [0.15, 0.2) is 0 Å². The van der Waals surface area contributed by atoms with Crippen molar-refractivity contribution in [2.45, 2.75) is 18.9 Å². The van der Waals surface area contributed by atoms with Gasteiger partial charge in [0, 0.05) is 26.3 Å². The molecule has 1 heterocycles. The lowest BCUT2D eigenvalue weighted by molar-refractivity contribution is 0.0598. The zero-order chi connectivity index (χ0) is 12.8. The molecule has 5 heteroatoms. The zero-order valence-electron chi connectivity index (χ0n) is 10.7. The van der Waals surface area contributed by atoms with Crippen molar-refractivity contribution in [3.05, 3.63) is 30.3 Å². The molecule has 1 aliphatic rings. The Balaban J connectivity index is 2.09. The van der Waals surface area contributed by atoms with E-state index in [1.54, 1.807) is 0 Å². The SMILES string of the molecule is CN(C(=Nc1ccccc1)NN)C1CCOCC1. The highest BCUT2D eigenvalue weighted by molar-refractivity contribution is 5.82. The molecule has 18 heavy (non-hydrogen) atoms. The van der Waals surface area contributed by atoms with Crippen LogP contribution < -0.4 is 11.3 Å². The van der Waals surface area contributed by atoms with Crippen molar-refractivity contribution in [1.29, 1.82) is 0 Å². The molecule has 98 valence electrons. The molecular formula is C13H20N4O. The standard InChI is InChI=1S/C13H20N4O/c1-17(12-7-9-18-10-8-12)13(16-14)15-11-5-3-2-4-6-11/h2-6,12H,7-10,14H2,1H3,(H,15,16). The molecule has 2 rings (SSSR count). The minimum atomic E-state index is 0.428. The van der Waals surface area contributed by atoms with Gasteiger partial charge in [0.05, 0.1) is 5.69 Å². The first-order valence-corrected chi connectivity index (χ1v) is 6.22. The van der Waals surface area contributed by atoms with Crippen molar-refractivity contribution < 1.29 is 4.74 Å². The average molecular weight is 248 g/mol. The Kier molecular flexibility index (Phi) is 4.55. The fourth-order valence-electron chi connectivity index (χ4n) is 2.08. The lowest BCUT2D eigenvalue weighted by atomic mass is 10.1. The van der Waals surface area contributed by atoms with Crippen molar-refractivity contribution >= 4 is 11.6 Å². The van der Waals surface area contributed by atoms with Crippen LogP contribution in [0.1, 0.15) is 12.8 Å². The molecule has 0 unspecified atom stereocenters. The maximum atomic E-state index is 5.57. The Bertz CT molecular complexity index is 387. The smallest absolute Gasteiger partial charge is 0.213 e. The molecule has 0 amide bonds. The first kappa shape index (κ1) is 12.9. The number of nitrogens with zero attached hydrogens (tertiary/aromatic N) is 2. The van der Waals surface area contributed by atoms with E-state index in [2.05, 4.69) is 15.3 Å². The third kappa shape index (κ3) is 3.21. The van der Waals surface area contributed by atoms with Gasteiger partial charge in [-0.1, -0.05) is 18.2 Å². The lowest BCUT2D eigenvalue weighted by Crippen LogP contribution is -2.49. The maximum absolute atomic E-state index is 5.57. The minimum absolute atomic E-state index is 0.428. The van der Waals surface area contributed by atoms with E-state index in [0.29, 0.717) is 12.0 Å². The Labute approximate surface area is 108 Å². The van der Waals surface area contributed by atoms with Crippen LogP contribution in [0.3, 0.4) is 0 Å². The van der Waals surface area contributed by atoms with Crippen molar-refractivity contribution in [2.24, 2.45) is 10.8 Å². The predicted octanol–water partition coefficient (Wildman–Crippen LogP) is 1.25. The maximum Gasteiger partial charge on any atom is 0.213 e. The average Bonchev–Trinajstić information content (AvgIpc) is 2.46. The van der Waals surface area contributed by atoms with Gasteiger partial charge in [-0.2, -0.15) is 0 Å². The van der Waals surface area contributed by atoms with Crippen LogP contribution in [0.5, 0.6) is 0 Å². The number of nitrogens with one attached hydrogen (secondary N) is 1. The first-order chi connectivity index (χ1) is 8.81. The molecule has 0 aromatic heterocycles. The summed E-state index contributed by atoms with van der Waals surface area (Å²) in [6.07, 6.45) is 2.01. The number of aliphatic imine (C=N–C) groups is 1. The molecule has 1 aliphatic heterocycles. The number of nitrogens with two attached hydrogens (primary N) is 1. The van der Waals surface area contributed by atoms with E-state index in [1.165, 1.54) is 0 Å². The van der Waals surface area contributed by atoms with Gasteiger partial charge in [-0.3, -0.25) is 5.43 Å². The number of hydrogen-bond acceptors (Lipinski definition) is 3. The Morgan fingerprint density at radius 3 is 2.61 bits per heavy atom. The highest BCUT2D eigenvalue weighted by Crippen LogP contribution is 2.15. The van der Waals surface area contributed by atoms with Crippen molar-refractivity contribution in [1.82, 2.24) is 10.3 Å². The lowest BCUT2D eigenvalue weighted by Gasteiger charge is -2.32. The minimum Gasteiger partial charge on any atom is -0.381 e. The second-order valence-corrected chi connectivity index (χ2v) is 4.37. The third-order valence-electron chi connectivity index (χ3n) is 3.19. The number of benzene rings is 1. The Hall–Kier alpha value is -1.59. The van der Waals surface area contributed by atoms with E-state index in [9.17, 15) is 0 Å². The molecule has 1 saturated heterocycles. The van der Waals surface area contributed by atoms with Crippen LogP contribution in [0.4, 0.5) is 5.69 Å². The van der Waals surface area contributed by atoms with E-state index in [1.807, 2.05) is 37.4 Å². The molecule has 0 radical (unpaired) electrons. The van der Waals surface area contributed by atoms with Crippen LogP contribution in [-0.2, 0) is 4.74 Å². The van der Waals surface area contributed by atoms with Gasteiger partial charge in [0.25, 0.3) is 0 Å². The highest BCUT2D eigenvalue weighted by Gasteiger charge is 2.20. The van der Waals surface area contributed by atoms with Crippen LogP contribution in [0, 0.1) is 0 Å². The summed E-state index contributed by atoms with van der Waals surface area (Å²) < 4.78 is 5.36. The molecule has 1 fully saturated rings. The number of para-hydroxylation sites is 1. The Morgan fingerprint density at radius 2 is 2.00 bits per heavy atom. The molecule has 3 N–H and O–H groups in total. The molecule has 1 aromatic rings. The van der Waals surface area contributed by atoms with Gasteiger partial charge in [-0.05, 0) is 25.0 Å². The van der Waals surface area contributed by atoms with Crippen LogP contribution in [0.25, 0.3) is 0 Å². The second-order valence-electron chi connectivity index (χ2n) is 4.37. The molecule has 1 aromatic carbocycles. The topological polar surface area (TPSA) is 62.9 Å². The third-order valence-corrected chi connectivity index (χ3v) is 3.19. The molecule has 0 spiro atoms. The van der Waals surface area contributed by atoms with Crippen molar-refractivity contribution in [3.8, 4) is 0 Å². The summed E-state index contributed by atoms with van der Waals surface area (Å²) in [5.74, 6) is 6.26. The molecule has 0 atom stereocenters. The summed E-state index contributed by atoms with van der Waals surface area (Å²) >= 11 is 0. The molecule has 0 aliphatic carbocycles. The largest absolute Gasteiger partial charge is 0.381 e. The summed E-state index contributed by atoms with van der Waals surface area (Å²) in [7, 11) is 2.01. The van der Waals surface area contributed by atoms with Gasteiger partial charge in [0.1, 0.15) is 0 Å². The van der Waals surface area contributed by atoms with E-state index in [0.717, 1.165) is 31.7 Å². The first-order valence-electron chi connectivity index (χ1n) is 6.22. The highest BCUT2D eigenvalue weighted by atomic mass is 16.5. The molecule has 5 nitrogen and oxygen atoms in total. The monoisotopic (exact) mass is 248 g/mol. The fourth-order valence-corrected chi connectivity index (χ4v) is 2.08. The molecule has 0 bridgehead atoms. The second kappa shape index (κ2) is 6.37. The zero-order valence-corrected chi connectivity index (χ0v) is 10.7. The van der Waals surface area contributed by atoms with Crippen LogP contribution >= 0.6 is 0 Å². The van der Waals surface area contributed by atoms with Gasteiger partial charge in [-0.25, -0.2) is 10.8 Å².